The highest BCUT2D eigenvalue weighted by Crippen LogP contribution is 2.04. The first-order valence-corrected chi connectivity index (χ1v) is 5.19. The number of hydrogen-bond acceptors (Lipinski definition) is 3. The molecule has 0 aliphatic heterocycles. The van der Waals surface area contributed by atoms with Crippen LogP contribution in [0.5, 0.6) is 0 Å². The van der Waals surface area contributed by atoms with Crippen LogP contribution in [-0.2, 0) is 9.53 Å². The summed E-state index contributed by atoms with van der Waals surface area (Å²) in [6.45, 7) is 7.54. The third-order valence-electron chi connectivity index (χ3n) is 2.14. The minimum atomic E-state index is -0.734. The lowest BCUT2D eigenvalue weighted by Crippen LogP contribution is -2.56. The molecule has 0 aliphatic carbocycles. The van der Waals surface area contributed by atoms with Crippen LogP contribution in [0.2, 0.25) is 0 Å². The highest BCUT2D eigenvalue weighted by atomic mass is 16.5. The van der Waals surface area contributed by atoms with Crippen LogP contribution in [0.15, 0.2) is 0 Å². The average Bonchev–Trinajstić information content (AvgIpc) is 2.13. The van der Waals surface area contributed by atoms with Crippen molar-refractivity contribution in [2.24, 2.45) is 5.73 Å². The fraction of sp³-hybridized carbons (Fsp3) is 0.900. The van der Waals surface area contributed by atoms with Crippen LogP contribution in [0.4, 0.5) is 0 Å². The van der Waals surface area contributed by atoms with Crippen LogP contribution in [0.25, 0.3) is 0 Å². The van der Waals surface area contributed by atoms with Gasteiger partial charge in [-0.15, -0.1) is 0 Å². The molecule has 0 radical (unpaired) electrons. The normalized spacial score (nSPS) is 15.1. The largest absolute Gasteiger partial charge is 0.379 e. The summed E-state index contributed by atoms with van der Waals surface area (Å²) in [4.78, 5) is 11.2. The summed E-state index contributed by atoms with van der Waals surface area (Å²) in [6.07, 6.45) is 2.11. The van der Waals surface area contributed by atoms with Crippen LogP contribution in [0.3, 0.4) is 0 Å². The van der Waals surface area contributed by atoms with Gasteiger partial charge in [0, 0.05) is 6.61 Å². The molecule has 4 heteroatoms. The van der Waals surface area contributed by atoms with E-state index in [2.05, 4.69) is 12.2 Å². The van der Waals surface area contributed by atoms with Gasteiger partial charge < -0.3 is 15.8 Å². The number of primary amides is 1. The Hall–Kier alpha value is -0.610. The Morgan fingerprint density at radius 1 is 1.50 bits per heavy atom. The molecule has 1 atom stereocenters. The van der Waals surface area contributed by atoms with Crippen molar-refractivity contribution in [1.29, 1.82) is 0 Å². The van der Waals surface area contributed by atoms with Gasteiger partial charge in [0.25, 0.3) is 0 Å². The summed E-state index contributed by atoms with van der Waals surface area (Å²) in [5.41, 5.74) is 4.56. The third kappa shape index (κ3) is 4.58. The lowest BCUT2D eigenvalue weighted by Gasteiger charge is -2.26. The second-order valence-electron chi connectivity index (χ2n) is 3.63. The van der Waals surface area contributed by atoms with Gasteiger partial charge in [-0.1, -0.05) is 20.3 Å². The van der Waals surface area contributed by atoms with Gasteiger partial charge in [0.15, 0.2) is 0 Å². The number of amides is 1. The fourth-order valence-electron chi connectivity index (χ4n) is 1.12. The zero-order chi connectivity index (χ0) is 11.0. The maximum Gasteiger partial charge on any atom is 0.239 e. The molecule has 0 aliphatic rings. The molecule has 1 unspecified atom stereocenters. The van der Waals surface area contributed by atoms with Crippen molar-refractivity contribution in [2.75, 3.05) is 19.8 Å². The zero-order valence-electron chi connectivity index (χ0n) is 9.43. The van der Waals surface area contributed by atoms with Crippen molar-refractivity contribution in [1.82, 2.24) is 5.32 Å². The van der Waals surface area contributed by atoms with Crippen LogP contribution >= 0.6 is 0 Å². The predicted octanol–water partition coefficient (Wildman–Crippen LogP) is 0.657. The lowest BCUT2D eigenvalue weighted by molar-refractivity contribution is -0.126. The number of nitrogens with two attached hydrogens (primary N) is 1. The van der Waals surface area contributed by atoms with Gasteiger partial charge in [-0.05, 0) is 19.9 Å². The molecule has 0 aromatic rings. The molecule has 1 amide bonds. The molecule has 0 bridgehead atoms. The van der Waals surface area contributed by atoms with Gasteiger partial charge in [-0.2, -0.15) is 0 Å². The number of carbonyl (C=O) groups is 1. The molecule has 0 spiro atoms. The number of carbonyl (C=O) groups excluding carboxylic acids is 1. The molecule has 84 valence electrons. The second-order valence-corrected chi connectivity index (χ2v) is 3.63. The minimum Gasteiger partial charge on any atom is -0.379 e. The Balaban J connectivity index is 3.90. The molecular weight excluding hydrogens is 180 g/mol. The van der Waals surface area contributed by atoms with Crippen LogP contribution in [-0.4, -0.2) is 31.2 Å². The molecule has 0 fully saturated rings. The van der Waals surface area contributed by atoms with Crippen molar-refractivity contribution in [2.45, 2.75) is 39.2 Å². The summed E-state index contributed by atoms with van der Waals surface area (Å²) in [5.74, 6) is -0.365. The van der Waals surface area contributed by atoms with Gasteiger partial charge in [0.1, 0.15) is 5.54 Å². The van der Waals surface area contributed by atoms with E-state index >= 15 is 0 Å². The summed E-state index contributed by atoms with van der Waals surface area (Å²) in [6, 6.07) is 0. The number of rotatable bonds is 8. The maximum atomic E-state index is 11.2. The van der Waals surface area contributed by atoms with Crippen molar-refractivity contribution in [3.63, 3.8) is 0 Å². The average molecular weight is 202 g/mol. The van der Waals surface area contributed by atoms with E-state index in [1.165, 1.54) is 0 Å². The smallest absolute Gasteiger partial charge is 0.239 e. The second kappa shape index (κ2) is 6.79. The number of nitrogens with one attached hydrogen (secondary N) is 1. The van der Waals surface area contributed by atoms with E-state index in [4.69, 9.17) is 10.5 Å². The van der Waals surface area contributed by atoms with Crippen molar-refractivity contribution in [3.8, 4) is 0 Å². The van der Waals surface area contributed by atoms with Gasteiger partial charge in [0.05, 0.1) is 6.61 Å². The van der Waals surface area contributed by atoms with Crippen molar-refractivity contribution < 1.29 is 9.53 Å². The molecule has 0 rings (SSSR count). The van der Waals surface area contributed by atoms with E-state index in [9.17, 15) is 4.79 Å². The van der Waals surface area contributed by atoms with E-state index in [1.807, 2.05) is 6.92 Å². The molecule has 4 nitrogen and oxygen atoms in total. The van der Waals surface area contributed by atoms with E-state index in [1.54, 1.807) is 6.92 Å². The molecule has 3 N–H and O–H groups in total. The van der Waals surface area contributed by atoms with E-state index in [0.29, 0.717) is 19.8 Å². The number of hydrogen-bond donors (Lipinski definition) is 2. The lowest BCUT2D eigenvalue weighted by atomic mass is 10.0. The van der Waals surface area contributed by atoms with Gasteiger partial charge >= 0.3 is 0 Å². The quantitative estimate of drug-likeness (QED) is 0.568. The summed E-state index contributed by atoms with van der Waals surface area (Å²) in [5, 5.41) is 3.04. The van der Waals surface area contributed by atoms with Gasteiger partial charge in [-0.3, -0.25) is 4.79 Å². The van der Waals surface area contributed by atoms with E-state index in [-0.39, 0.29) is 5.91 Å². The fourth-order valence-corrected chi connectivity index (χ4v) is 1.12. The van der Waals surface area contributed by atoms with E-state index in [0.717, 1.165) is 12.8 Å². The van der Waals surface area contributed by atoms with Gasteiger partial charge in [-0.25, -0.2) is 0 Å². The van der Waals surface area contributed by atoms with E-state index < -0.39 is 5.54 Å². The Morgan fingerprint density at radius 3 is 2.57 bits per heavy atom. The van der Waals surface area contributed by atoms with Gasteiger partial charge in [0.2, 0.25) is 5.91 Å². The third-order valence-corrected chi connectivity index (χ3v) is 2.14. The first-order valence-electron chi connectivity index (χ1n) is 5.19. The van der Waals surface area contributed by atoms with Crippen molar-refractivity contribution >= 4 is 5.91 Å². The molecule has 0 aromatic carbocycles. The summed E-state index contributed by atoms with van der Waals surface area (Å²) < 4.78 is 5.39. The molecular formula is C10H22N2O2. The number of unbranched alkanes of at least 4 members (excludes halogenated alkanes) is 1. The topological polar surface area (TPSA) is 64.3 Å². The first kappa shape index (κ1) is 13.4. The molecule has 0 heterocycles. The SMILES string of the molecule is CCCCOCC(C)(NCC)C(N)=O. The van der Waals surface area contributed by atoms with Crippen molar-refractivity contribution in [3.05, 3.63) is 0 Å². The zero-order valence-corrected chi connectivity index (χ0v) is 9.43. The Kier molecular flexibility index (Phi) is 6.49. The van der Waals surface area contributed by atoms with Crippen LogP contribution in [0, 0.1) is 0 Å². The Labute approximate surface area is 86.2 Å². The highest BCUT2D eigenvalue weighted by molar-refractivity contribution is 5.84. The molecule has 14 heavy (non-hydrogen) atoms. The molecule has 0 aromatic heterocycles. The monoisotopic (exact) mass is 202 g/mol. The maximum absolute atomic E-state index is 11.2. The Morgan fingerprint density at radius 2 is 2.14 bits per heavy atom. The van der Waals surface area contributed by atoms with Crippen LogP contribution in [0.1, 0.15) is 33.6 Å². The highest BCUT2D eigenvalue weighted by Gasteiger charge is 2.29. The van der Waals surface area contributed by atoms with Crippen LogP contribution < -0.4 is 11.1 Å². The standard InChI is InChI=1S/C10H22N2O2/c1-4-6-7-14-8-10(3,9(11)13)12-5-2/h12H,4-8H2,1-3H3,(H2,11,13). The number of ether oxygens (including phenoxy) is 1. The minimum absolute atomic E-state index is 0.343. The summed E-state index contributed by atoms with van der Waals surface area (Å²) >= 11 is 0. The molecule has 0 saturated heterocycles. The Bertz CT molecular complexity index is 174. The first-order chi connectivity index (χ1) is 6.56. The predicted molar refractivity (Wildman–Crippen MR) is 57.0 cm³/mol. The molecule has 0 saturated carbocycles. The number of likely N-dealkylation sites (N-methyl/N-ethyl adjacent to an activating group) is 1. The summed E-state index contributed by atoms with van der Waals surface area (Å²) in [7, 11) is 0.